The van der Waals surface area contributed by atoms with Crippen LogP contribution in [0.4, 0.5) is 5.69 Å². The number of nitrogens with one attached hydrogen (secondary N) is 2. The maximum Gasteiger partial charge on any atom is 0.307 e. The first-order valence-electron chi connectivity index (χ1n) is 10.2. The van der Waals surface area contributed by atoms with Gasteiger partial charge >= 0.3 is 5.97 Å². The number of benzene rings is 2. The van der Waals surface area contributed by atoms with E-state index in [4.69, 9.17) is 14.2 Å². The number of fused-ring (bicyclic) bond motifs is 1. The summed E-state index contributed by atoms with van der Waals surface area (Å²) < 4.78 is 43.5. The monoisotopic (exact) mass is 462 g/mol. The molecule has 32 heavy (non-hydrogen) atoms. The molecular formula is C22H26N2O7S. The summed E-state index contributed by atoms with van der Waals surface area (Å²) in [4.78, 5) is 24.2. The third-order valence-electron chi connectivity index (χ3n) is 4.61. The minimum absolute atomic E-state index is 0.000942. The van der Waals surface area contributed by atoms with E-state index in [1.165, 1.54) is 25.1 Å². The van der Waals surface area contributed by atoms with Gasteiger partial charge in [0, 0.05) is 24.7 Å². The van der Waals surface area contributed by atoms with Crippen molar-refractivity contribution in [1.29, 1.82) is 0 Å². The molecule has 0 aliphatic carbocycles. The number of aryl methyl sites for hydroxylation is 1. The van der Waals surface area contributed by atoms with E-state index in [1.807, 2.05) is 13.0 Å². The number of esters is 1. The Morgan fingerprint density at radius 2 is 1.84 bits per heavy atom. The highest BCUT2D eigenvalue weighted by atomic mass is 32.2. The van der Waals surface area contributed by atoms with Gasteiger partial charge in [-0.25, -0.2) is 13.1 Å². The number of hydrogen-bond acceptors (Lipinski definition) is 7. The van der Waals surface area contributed by atoms with Crippen molar-refractivity contribution < 1.29 is 32.2 Å². The lowest BCUT2D eigenvalue weighted by molar-refractivity contribution is -0.152. The van der Waals surface area contributed by atoms with Crippen molar-refractivity contribution >= 4 is 27.6 Å². The third-order valence-corrected chi connectivity index (χ3v) is 6.07. The number of amides is 1. The van der Waals surface area contributed by atoms with Crippen LogP contribution in [0.2, 0.25) is 0 Å². The van der Waals surface area contributed by atoms with Gasteiger partial charge in [-0.1, -0.05) is 12.1 Å². The molecule has 3 rings (SSSR count). The number of anilines is 1. The fourth-order valence-electron chi connectivity index (χ4n) is 2.96. The molecule has 0 saturated heterocycles. The first kappa shape index (κ1) is 23.6. The van der Waals surface area contributed by atoms with Crippen LogP contribution in [0.15, 0.2) is 47.4 Å². The molecule has 2 aromatic carbocycles. The molecule has 1 heterocycles. The zero-order valence-corrected chi connectivity index (χ0v) is 18.7. The highest BCUT2D eigenvalue weighted by molar-refractivity contribution is 7.89. The highest BCUT2D eigenvalue weighted by Crippen LogP contribution is 2.31. The molecule has 1 atom stereocenters. The van der Waals surface area contributed by atoms with Crippen molar-refractivity contribution in [3.8, 4) is 11.5 Å². The molecule has 172 valence electrons. The van der Waals surface area contributed by atoms with E-state index in [0.29, 0.717) is 36.8 Å². The Morgan fingerprint density at radius 3 is 2.59 bits per heavy atom. The van der Waals surface area contributed by atoms with Crippen LogP contribution in [0.3, 0.4) is 0 Å². The van der Waals surface area contributed by atoms with Gasteiger partial charge < -0.3 is 19.5 Å². The second-order valence-corrected chi connectivity index (χ2v) is 9.06. The van der Waals surface area contributed by atoms with Gasteiger partial charge in [0.25, 0.3) is 5.91 Å². The Balaban J connectivity index is 1.48. The van der Waals surface area contributed by atoms with Gasteiger partial charge in [-0.2, -0.15) is 0 Å². The quantitative estimate of drug-likeness (QED) is 0.578. The van der Waals surface area contributed by atoms with Crippen molar-refractivity contribution in [2.24, 2.45) is 0 Å². The van der Waals surface area contributed by atoms with E-state index >= 15 is 0 Å². The first-order valence-corrected chi connectivity index (χ1v) is 11.7. The smallest absolute Gasteiger partial charge is 0.307 e. The number of carbonyl (C=O) groups is 2. The standard InChI is InChI=1S/C22H26N2O7S/c1-15-5-3-6-17(13-15)24-22(26)16(2)31-21(25)9-10-23-32(27,28)18-7-8-19-20(14-18)30-12-4-11-29-19/h3,5-8,13-14,16,23H,4,9-12H2,1-2H3,(H,24,26)/t16-/m1/s1. The molecular weight excluding hydrogens is 436 g/mol. The van der Waals surface area contributed by atoms with Gasteiger partial charge in [0.1, 0.15) is 0 Å². The Morgan fingerprint density at radius 1 is 1.09 bits per heavy atom. The molecule has 0 unspecified atom stereocenters. The summed E-state index contributed by atoms with van der Waals surface area (Å²) >= 11 is 0. The summed E-state index contributed by atoms with van der Waals surface area (Å²) in [5, 5.41) is 2.67. The van der Waals surface area contributed by atoms with Gasteiger partial charge in [0.2, 0.25) is 10.0 Å². The Kier molecular flexibility index (Phi) is 7.70. The minimum atomic E-state index is -3.86. The fourth-order valence-corrected chi connectivity index (χ4v) is 4.00. The summed E-state index contributed by atoms with van der Waals surface area (Å²) in [6, 6.07) is 11.6. The zero-order chi connectivity index (χ0) is 23.1. The van der Waals surface area contributed by atoms with Gasteiger partial charge in [-0.15, -0.1) is 0 Å². The molecule has 0 radical (unpaired) electrons. The van der Waals surface area contributed by atoms with Crippen LogP contribution in [-0.4, -0.2) is 46.2 Å². The molecule has 1 amide bonds. The van der Waals surface area contributed by atoms with Crippen molar-refractivity contribution in [3.05, 3.63) is 48.0 Å². The fraction of sp³-hybridized carbons (Fsp3) is 0.364. The molecule has 2 N–H and O–H groups in total. The van der Waals surface area contributed by atoms with E-state index in [2.05, 4.69) is 10.0 Å². The Hall–Kier alpha value is -3.11. The van der Waals surface area contributed by atoms with E-state index in [-0.39, 0.29) is 17.9 Å². The lowest BCUT2D eigenvalue weighted by Crippen LogP contribution is -2.32. The summed E-state index contributed by atoms with van der Waals surface area (Å²) in [6.45, 7) is 4.10. The zero-order valence-electron chi connectivity index (χ0n) is 17.9. The van der Waals surface area contributed by atoms with Crippen LogP contribution in [0.1, 0.15) is 25.3 Å². The number of sulfonamides is 1. The van der Waals surface area contributed by atoms with Crippen molar-refractivity contribution in [3.63, 3.8) is 0 Å². The Labute approximate surface area is 187 Å². The van der Waals surface area contributed by atoms with Gasteiger partial charge in [-0.05, 0) is 43.7 Å². The highest BCUT2D eigenvalue weighted by Gasteiger charge is 2.21. The number of carbonyl (C=O) groups excluding carboxylic acids is 2. The molecule has 1 aliphatic rings. The minimum Gasteiger partial charge on any atom is -0.490 e. The van der Waals surface area contributed by atoms with Crippen LogP contribution >= 0.6 is 0 Å². The van der Waals surface area contributed by atoms with Crippen LogP contribution in [0.25, 0.3) is 0 Å². The van der Waals surface area contributed by atoms with Crippen LogP contribution in [0, 0.1) is 6.92 Å². The molecule has 9 nitrogen and oxygen atoms in total. The van der Waals surface area contributed by atoms with Gasteiger partial charge in [0.05, 0.1) is 24.5 Å². The van der Waals surface area contributed by atoms with E-state index in [9.17, 15) is 18.0 Å². The molecule has 0 bridgehead atoms. The van der Waals surface area contributed by atoms with E-state index in [0.717, 1.165) is 5.56 Å². The number of rotatable bonds is 8. The average Bonchev–Trinajstić information content (AvgIpc) is 2.98. The second-order valence-electron chi connectivity index (χ2n) is 7.30. The van der Waals surface area contributed by atoms with E-state index < -0.39 is 28.0 Å². The molecule has 0 fully saturated rings. The largest absolute Gasteiger partial charge is 0.490 e. The summed E-state index contributed by atoms with van der Waals surface area (Å²) in [6.07, 6.45) is -0.550. The molecule has 10 heteroatoms. The van der Waals surface area contributed by atoms with Gasteiger partial charge in [-0.3, -0.25) is 9.59 Å². The summed E-state index contributed by atoms with van der Waals surface area (Å²) in [7, 11) is -3.86. The maximum atomic E-state index is 12.5. The predicted octanol–water partition coefficient (Wildman–Crippen LogP) is 2.40. The van der Waals surface area contributed by atoms with Crippen LogP contribution < -0.4 is 19.5 Å². The third kappa shape index (κ3) is 6.44. The van der Waals surface area contributed by atoms with Crippen LogP contribution in [0.5, 0.6) is 11.5 Å². The SMILES string of the molecule is Cc1cccc(NC(=O)[C@@H](C)OC(=O)CCNS(=O)(=O)c2ccc3c(c2)OCCCO3)c1. The van der Waals surface area contributed by atoms with Crippen molar-refractivity contribution in [2.45, 2.75) is 37.7 Å². The van der Waals surface area contributed by atoms with Gasteiger partial charge in [0.15, 0.2) is 17.6 Å². The van der Waals surface area contributed by atoms with E-state index in [1.54, 1.807) is 18.2 Å². The predicted molar refractivity (Wildman–Crippen MR) is 117 cm³/mol. The number of ether oxygens (including phenoxy) is 3. The van der Waals surface area contributed by atoms with Crippen LogP contribution in [-0.2, 0) is 24.3 Å². The molecule has 0 saturated carbocycles. The van der Waals surface area contributed by atoms with Crippen molar-refractivity contribution in [1.82, 2.24) is 4.72 Å². The second kappa shape index (κ2) is 10.5. The topological polar surface area (TPSA) is 120 Å². The number of hydrogen-bond donors (Lipinski definition) is 2. The van der Waals surface area contributed by atoms with Crippen molar-refractivity contribution in [2.75, 3.05) is 25.1 Å². The molecule has 2 aromatic rings. The Bertz CT molecular complexity index is 1090. The normalized spacial score (nSPS) is 14.2. The lowest BCUT2D eigenvalue weighted by Gasteiger charge is -2.14. The molecule has 1 aliphatic heterocycles. The molecule has 0 spiro atoms. The summed E-state index contributed by atoms with van der Waals surface area (Å²) in [5.74, 6) is -0.323. The maximum absolute atomic E-state index is 12.5. The first-order chi connectivity index (χ1) is 15.2. The average molecular weight is 463 g/mol. The molecule has 0 aromatic heterocycles. The lowest BCUT2D eigenvalue weighted by atomic mass is 10.2. The summed E-state index contributed by atoms with van der Waals surface area (Å²) in [5.41, 5.74) is 1.58.